The minimum atomic E-state index is 0.0909. The predicted octanol–water partition coefficient (Wildman–Crippen LogP) is 3.15. The summed E-state index contributed by atoms with van der Waals surface area (Å²) < 4.78 is 5.34. The number of anilines is 1. The second kappa shape index (κ2) is 8.97. The van der Waals surface area contributed by atoms with E-state index in [4.69, 9.17) is 15.8 Å². The van der Waals surface area contributed by atoms with E-state index in [1.807, 2.05) is 19.1 Å². The van der Waals surface area contributed by atoms with Gasteiger partial charge in [-0.3, -0.25) is 10.3 Å². The summed E-state index contributed by atoms with van der Waals surface area (Å²) in [5, 5.41) is 19.2. The van der Waals surface area contributed by atoms with Gasteiger partial charge in [-0.2, -0.15) is 0 Å². The van der Waals surface area contributed by atoms with E-state index >= 15 is 0 Å². The summed E-state index contributed by atoms with van der Waals surface area (Å²) in [6.07, 6.45) is 1.00. The van der Waals surface area contributed by atoms with E-state index in [1.54, 1.807) is 0 Å². The van der Waals surface area contributed by atoms with Crippen molar-refractivity contribution in [3.05, 3.63) is 46.8 Å². The van der Waals surface area contributed by atoms with Crippen molar-refractivity contribution in [3.63, 3.8) is 0 Å². The number of hydrogen-bond acceptors (Lipinski definition) is 6. The van der Waals surface area contributed by atoms with Crippen molar-refractivity contribution in [1.82, 2.24) is 10.1 Å². The lowest BCUT2D eigenvalue weighted by Gasteiger charge is -2.36. The molecule has 1 saturated heterocycles. The molecule has 8 nitrogen and oxygen atoms in total. The first-order valence-corrected chi connectivity index (χ1v) is 9.68. The van der Waals surface area contributed by atoms with Gasteiger partial charge < -0.3 is 15.3 Å². The van der Waals surface area contributed by atoms with E-state index in [2.05, 4.69) is 51.3 Å². The topological polar surface area (TPSA) is 107 Å². The highest BCUT2D eigenvalue weighted by atomic mass is 16.5. The Hall–Kier alpha value is -2.74. The number of aryl methyl sites for hydroxylation is 1. The Labute approximate surface area is 165 Å². The maximum Gasteiger partial charge on any atom is 0.178 e. The molecule has 1 aliphatic heterocycles. The second-order valence-electron chi connectivity index (χ2n) is 7.71. The Morgan fingerprint density at radius 3 is 2.61 bits per heavy atom. The van der Waals surface area contributed by atoms with Crippen LogP contribution >= 0.6 is 0 Å². The van der Waals surface area contributed by atoms with Gasteiger partial charge in [-0.25, -0.2) is 0 Å². The van der Waals surface area contributed by atoms with Crippen molar-refractivity contribution in [2.24, 2.45) is 22.1 Å². The Morgan fingerprint density at radius 1 is 1.25 bits per heavy atom. The van der Waals surface area contributed by atoms with Crippen LogP contribution in [0.5, 0.6) is 0 Å². The molecular weight excluding hydrogens is 354 g/mol. The zero-order valence-corrected chi connectivity index (χ0v) is 16.9. The van der Waals surface area contributed by atoms with Crippen molar-refractivity contribution in [2.45, 2.75) is 33.7 Å². The maximum absolute atomic E-state index is 8.19. The van der Waals surface area contributed by atoms with Crippen LogP contribution in [0.25, 0.3) is 0 Å². The number of piperazine rings is 1. The van der Waals surface area contributed by atoms with Crippen LogP contribution in [0.3, 0.4) is 0 Å². The molecule has 0 saturated carbocycles. The SMILES string of the molecule is Cc1cc(CN2CCN(c3cc(CC(C)C)ccc3C(=N)N=NN)CC2)on1. The van der Waals surface area contributed by atoms with Crippen LogP contribution in [-0.2, 0) is 13.0 Å². The fourth-order valence-electron chi connectivity index (χ4n) is 3.61. The predicted molar refractivity (Wildman–Crippen MR) is 110 cm³/mol. The number of nitrogens with one attached hydrogen (secondary N) is 1. The fraction of sp³-hybridized carbons (Fsp3) is 0.500. The highest BCUT2D eigenvalue weighted by Gasteiger charge is 2.22. The van der Waals surface area contributed by atoms with Gasteiger partial charge in [0.05, 0.1) is 12.2 Å². The number of nitrogens with zero attached hydrogens (tertiary/aromatic N) is 5. The third kappa shape index (κ3) is 4.95. The molecular formula is C20H29N7O. The first-order valence-electron chi connectivity index (χ1n) is 9.68. The van der Waals surface area contributed by atoms with Crippen LogP contribution in [0.1, 0.15) is 36.4 Å². The standard InChI is InChI=1S/C20H29N7O/c1-14(2)10-16-4-5-18(20(21)23-25-22)19(12-16)27-8-6-26(7-9-27)13-17-11-15(3)24-28-17/h4-5,11-12,14H,6-10,13H2,1-3H3,(H3,21,22,23). The van der Waals surface area contributed by atoms with Gasteiger partial charge in [0.15, 0.2) is 11.6 Å². The molecule has 0 aliphatic carbocycles. The van der Waals surface area contributed by atoms with E-state index in [9.17, 15) is 0 Å². The van der Waals surface area contributed by atoms with Crippen LogP contribution in [0, 0.1) is 18.3 Å². The van der Waals surface area contributed by atoms with Crippen molar-refractivity contribution in [3.8, 4) is 0 Å². The van der Waals surface area contributed by atoms with Crippen LogP contribution in [0.15, 0.2) is 39.1 Å². The van der Waals surface area contributed by atoms with Gasteiger partial charge in [-0.15, -0.1) is 5.11 Å². The highest BCUT2D eigenvalue weighted by Crippen LogP contribution is 2.26. The number of benzene rings is 1. The Morgan fingerprint density at radius 2 is 2.00 bits per heavy atom. The van der Waals surface area contributed by atoms with E-state index < -0.39 is 0 Å². The molecule has 2 heterocycles. The molecule has 3 rings (SSSR count). The van der Waals surface area contributed by atoms with Gasteiger partial charge in [-0.1, -0.05) is 30.3 Å². The largest absolute Gasteiger partial charge is 0.368 e. The number of nitrogens with two attached hydrogens (primary N) is 1. The van der Waals surface area contributed by atoms with Gasteiger partial charge in [0, 0.05) is 43.5 Å². The monoisotopic (exact) mass is 383 g/mol. The Kier molecular flexibility index (Phi) is 6.41. The summed E-state index contributed by atoms with van der Waals surface area (Å²) in [4.78, 5) is 4.68. The van der Waals surface area contributed by atoms with E-state index in [-0.39, 0.29) is 5.84 Å². The molecule has 2 aromatic rings. The third-order valence-corrected chi connectivity index (χ3v) is 4.89. The van der Waals surface area contributed by atoms with Gasteiger partial charge in [-0.05, 0) is 37.0 Å². The molecule has 0 atom stereocenters. The van der Waals surface area contributed by atoms with E-state index in [0.29, 0.717) is 5.92 Å². The molecule has 1 fully saturated rings. The van der Waals surface area contributed by atoms with Crippen LogP contribution in [0.2, 0.25) is 0 Å². The molecule has 0 radical (unpaired) electrons. The second-order valence-corrected chi connectivity index (χ2v) is 7.71. The van der Waals surface area contributed by atoms with E-state index in [0.717, 1.165) is 61.8 Å². The summed E-state index contributed by atoms with van der Waals surface area (Å²) in [7, 11) is 0. The van der Waals surface area contributed by atoms with Crippen molar-refractivity contribution in [2.75, 3.05) is 31.1 Å². The summed E-state index contributed by atoms with van der Waals surface area (Å²) >= 11 is 0. The molecule has 8 heteroatoms. The first kappa shape index (κ1) is 20.0. The van der Waals surface area contributed by atoms with E-state index in [1.165, 1.54) is 5.56 Å². The zero-order chi connectivity index (χ0) is 20.1. The Balaban J connectivity index is 1.74. The molecule has 0 unspecified atom stereocenters. The molecule has 0 spiro atoms. The lowest BCUT2D eigenvalue weighted by molar-refractivity contribution is 0.219. The highest BCUT2D eigenvalue weighted by molar-refractivity contribution is 6.02. The van der Waals surface area contributed by atoms with Crippen LogP contribution < -0.4 is 10.7 Å². The minimum Gasteiger partial charge on any atom is -0.368 e. The van der Waals surface area contributed by atoms with Gasteiger partial charge in [0.25, 0.3) is 0 Å². The first-order chi connectivity index (χ1) is 13.5. The lowest BCUT2D eigenvalue weighted by atomic mass is 9.99. The minimum absolute atomic E-state index is 0.0909. The van der Waals surface area contributed by atoms with Crippen LogP contribution in [0.4, 0.5) is 5.69 Å². The lowest BCUT2D eigenvalue weighted by Crippen LogP contribution is -2.46. The summed E-state index contributed by atoms with van der Waals surface area (Å²) in [5.74, 6) is 6.73. The summed E-state index contributed by atoms with van der Waals surface area (Å²) in [6, 6.07) is 8.21. The number of aromatic nitrogens is 1. The number of amidine groups is 1. The van der Waals surface area contributed by atoms with Gasteiger partial charge in [0.1, 0.15) is 0 Å². The normalized spacial score (nSPS) is 15.6. The van der Waals surface area contributed by atoms with Gasteiger partial charge >= 0.3 is 0 Å². The van der Waals surface area contributed by atoms with Crippen molar-refractivity contribution in [1.29, 1.82) is 5.41 Å². The average Bonchev–Trinajstić information content (AvgIpc) is 3.07. The quantitative estimate of drug-likeness (QED) is 0.262. The number of rotatable bonds is 6. The fourth-order valence-corrected chi connectivity index (χ4v) is 3.61. The number of hydrogen-bond donors (Lipinski definition) is 2. The van der Waals surface area contributed by atoms with Gasteiger partial charge in [0.2, 0.25) is 0 Å². The molecule has 3 N–H and O–H groups in total. The third-order valence-electron chi connectivity index (χ3n) is 4.89. The van der Waals surface area contributed by atoms with Crippen molar-refractivity contribution >= 4 is 11.5 Å². The van der Waals surface area contributed by atoms with Crippen molar-refractivity contribution < 1.29 is 4.52 Å². The molecule has 1 aromatic heterocycles. The molecule has 0 bridgehead atoms. The average molecular weight is 384 g/mol. The van der Waals surface area contributed by atoms with Crippen LogP contribution in [-0.4, -0.2) is 42.1 Å². The summed E-state index contributed by atoms with van der Waals surface area (Å²) in [5.41, 5.74) is 3.98. The summed E-state index contributed by atoms with van der Waals surface area (Å²) in [6.45, 7) is 10.7. The Bertz CT molecular complexity index is 835. The maximum atomic E-state index is 8.19. The molecule has 0 amide bonds. The smallest absolute Gasteiger partial charge is 0.178 e. The zero-order valence-electron chi connectivity index (χ0n) is 16.9. The molecule has 150 valence electrons. The molecule has 28 heavy (non-hydrogen) atoms. The molecule has 1 aliphatic rings. The molecule has 1 aromatic carbocycles.